The van der Waals surface area contributed by atoms with Crippen LogP contribution in [0.1, 0.15) is 13.8 Å². The Morgan fingerprint density at radius 3 is 1.14 bits per heavy atom. The second-order valence-corrected chi connectivity index (χ2v) is 1.71. The van der Waals surface area contributed by atoms with Crippen LogP contribution in [0.3, 0.4) is 0 Å². The van der Waals surface area contributed by atoms with Gasteiger partial charge in [0.1, 0.15) is 13.2 Å². The molecule has 0 spiro atoms. The first kappa shape index (κ1) is 18.3. The van der Waals surface area contributed by atoms with Crippen LogP contribution in [-0.4, -0.2) is 45.6 Å². The summed E-state index contributed by atoms with van der Waals surface area (Å²) in [6.45, 7) is 1.83. The first-order chi connectivity index (χ1) is 6.38. The zero-order chi connectivity index (χ0) is 12.0. The maximum absolute atomic E-state index is 9.00. The molecule has 0 bridgehead atoms. The molecular weight excluding hydrogens is 192 g/mol. The second-order valence-electron chi connectivity index (χ2n) is 1.71. The smallest absolute Gasteiger partial charge is 0.300 e. The van der Waals surface area contributed by atoms with Gasteiger partial charge in [-0.3, -0.25) is 9.59 Å². The predicted molar refractivity (Wildman–Crippen MR) is 48.6 cm³/mol. The number of hydrogen-bond donors (Lipinski definition) is 4. The van der Waals surface area contributed by atoms with Crippen LogP contribution in [0.15, 0.2) is 0 Å². The van der Waals surface area contributed by atoms with Gasteiger partial charge in [0.25, 0.3) is 11.9 Å². The first-order valence-electron chi connectivity index (χ1n) is 3.45. The van der Waals surface area contributed by atoms with Crippen LogP contribution in [0.25, 0.3) is 0 Å². The largest absolute Gasteiger partial charge is 0.481 e. The van der Waals surface area contributed by atoms with Gasteiger partial charge in [0.2, 0.25) is 0 Å². The number of carboxylic acid groups (broad SMARTS) is 2. The van der Waals surface area contributed by atoms with Crippen LogP contribution < -0.4 is 0 Å². The van der Waals surface area contributed by atoms with Gasteiger partial charge in [-0.1, -0.05) is 11.8 Å². The highest BCUT2D eigenvalue weighted by atomic mass is 16.4. The Bertz CT molecular complexity index is 172. The van der Waals surface area contributed by atoms with Crippen molar-refractivity contribution in [2.75, 3.05) is 13.2 Å². The van der Waals surface area contributed by atoms with Crippen molar-refractivity contribution in [2.45, 2.75) is 13.8 Å². The molecule has 0 aliphatic heterocycles. The van der Waals surface area contributed by atoms with E-state index in [1.54, 1.807) is 0 Å². The lowest BCUT2D eigenvalue weighted by atomic mass is 10.6. The molecule has 0 unspecified atom stereocenters. The molecule has 0 aliphatic carbocycles. The highest BCUT2D eigenvalue weighted by molar-refractivity contribution is 5.63. The van der Waals surface area contributed by atoms with E-state index in [1.807, 2.05) is 0 Å². The van der Waals surface area contributed by atoms with Crippen molar-refractivity contribution >= 4 is 11.9 Å². The fourth-order valence-corrected chi connectivity index (χ4v) is 0.112. The average Bonchev–Trinajstić information content (AvgIpc) is 1.98. The number of hydrogen-bond acceptors (Lipinski definition) is 4. The molecule has 0 fully saturated rings. The Hall–Kier alpha value is -1.58. The summed E-state index contributed by atoms with van der Waals surface area (Å²) < 4.78 is 0. The fraction of sp³-hybridized carbons (Fsp3) is 0.500. The molecule has 6 heteroatoms. The van der Waals surface area contributed by atoms with Crippen molar-refractivity contribution in [1.82, 2.24) is 0 Å². The number of carboxylic acids is 2. The van der Waals surface area contributed by atoms with E-state index in [0.29, 0.717) is 0 Å². The van der Waals surface area contributed by atoms with Gasteiger partial charge in [0.05, 0.1) is 0 Å². The molecule has 0 saturated heterocycles. The van der Waals surface area contributed by atoms with Crippen molar-refractivity contribution < 1.29 is 30.0 Å². The topological polar surface area (TPSA) is 115 Å². The maximum atomic E-state index is 9.00. The molecule has 0 amide bonds. The molecule has 0 aromatic rings. The SMILES string of the molecule is CC(=O)O.CC(=O)O.OCC#CCO. The Morgan fingerprint density at radius 2 is 1.07 bits per heavy atom. The third kappa shape index (κ3) is 459. The summed E-state index contributed by atoms with van der Waals surface area (Å²) >= 11 is 0. The minimum atomic E-state index is -0.833. The predicted octanol–water partition coefficient (Wildman–Crippen LogP) is -0.844. The lowest BCUT2D eigenvalue weighted by Gasteiger charge is -1.66. The van der Waals surface area contributed by atoms with Crippen molar-refractivity contribution in [1.29, 1.82) is 0 Å². The summed E-state index contributed by atoms with van der Waals surface area (Å²) in [4.78, 5) is 18.0. The van der Waals surface area contributed by atoms with E-state index < -0.39 is 11.9 Å². The third-order valence-corrected chi connectivity index (χ3v) is 0.283. The van der Waals surface area contributed by atoms with Gasteiger partial charge < -0.3 is 20.4 Å². The minimum absolute atomic E-state index is 0.166. The van der Waals surface area contributed by atoms with E-state index in [2.05, 4.69) is 11.8 Å². The zero-order valence-electron chi connectivity index (χ0n) is 8.02. The van der Waals surface area contributed by atoms with Crippen LogP contribution >= 0.6 is 0 Å². The van der Waals surface area contributed by atoms with E-state index in [0.717, 1.165) is 13.8 Å². The molecule has 0 heterocycles. The molecule has 14 heavy (non-hydrogen) atoms. The summed E-state index contributed by atoms with van der Waals surface area (Å²) in [5.74, 6) is 2.84. The molecule has 82 valence electrons. The summed E-state index contributed by atoms with van der Waals surface area (Å²) in [7, 11) is 0. The van der Waals surface area contributed by atoms with Gasteiger partial charge in [-0.25, -0.2) is 0 Å². The fourth-order valence-electron chi connectivity index (χ4n) is 0.112. The van der Waals surface area contributed by atoms with Crippen LogP contribution in [0, 0.1) is 11.8 Å². The second kappa shape index (κ2) is 17.5. The van der Waals surface area contributed by atoms with Gasteiger partial charge in [-0.05, 0) is 0 Å². The Labute approximate surface area is 81.8 Å². The Kier molecular flexibility index (Phi) is 22.8. The summed E-state index contributed by atoms with van der Waals surface area (Å²) in [6, 6.07) is 0. The Balaban J connectivity index is -0.000000135. The molecule has 6 nitrogen and oxygen atoms in total. The van der Waals surface area contributed by atoms with Crippen molar-refractivity contribution in [3.8, 4) is 11.8 Å². The molecule has 0 saturated carbocycles. The quantitative estimate of drug-likeness (QED) is 0.384. The van der Waals surface area contributed by atoms with E-state index in [4.69, 9.17) is 30.0 Å². The van der Waals surface area contributed by atoms with Crippen LogP contribution in [0.2, 0.25) is 0 Å². The first-order valence-corrected chi connectivity index (χ1v) is 3.45. The monoisotopic (exact) mass is 206 g/mol. The van der Waals surface area contributed by atoms with Crippen molar-refractivity contribution in [3.63, 3.8) is 0 Å². The van der Waals surface area contributed by atoms with E-state index >= 15 is 0 Å². The van der Waals surface area contributed by atoms with E-state index in [1.165, 1.54) is 0 Å². The molecule has 0 atom stereocenters. The van der Waals surface area contributed by atoms with Gasteiger partial charge >= 0.3 is 0 Å². The molecule has 0 rings (SSSR count). The molecule has 4 N–H and O–H groups in total. The third-order valence-electron chi connectivity index (χ3n) is 0.283. The van der Waals surface area contributed by atoms with Crippen LogP contribution in [0.5, 0.6) is 0 Å². The highest BCUT2D eigenvalue weighted by Gasteiger charge is 1.65. The molecule has 0 radical (unpaired) electrons. The summed E-state index contributed by atoms with van der Waals surface area (Å²) in [5, 5.41) is 30.7. The molecule has 0 aromatic carbocycles. The molecule has 0 aliphatic rings. The number of aliphatic hydroxyl groups excluding tert-OH is 2. The highest BCUT2D eigenvalue weighted by Crippen LogP contribution is 1.48. The van der Waals surface area contributed by atoms with E-state index in [-0.39, 0.29) is 13.2 Å². The minimum Gasteiger partial charge on any atom is -0.481 e. The number of aliphatic carboxylic acids is 2. The van der Waals surface area contributed by atoms with Crippen molar-refractivity contribution in [3.05, 3.63) is 0 Å². The Morgan fingerprint density at radius 1 is 0.929 bits per heavy atom. The van der Waals surface area contributed by atoms with Crippen LogP contribution in [-0.2, 0) is 9.59 Å². The molecular formula is C8H14O6. The average molecular weight is 206 g/mol. The van der Waals surface area contributed by atoms with Crippen molar-refractivity contribution in [2.24, 2.45) is 0 Å². The van der Waals surface area contributed by atoms with Gasteiger partial charge in [0.15, 0.2) is 0 Å². The normalized spacial score (nSPS) is 6.29. The lowest BCUT2D eigenvalue weighted by molar-refractivity contribution is -0.135. The van der Waals surface area contributed by atoms with Gasteiger partial charge in [-0.2, -0.15) is 0 Å². The lowest BCUT2D eigenvalue weighted by Crippen LogP contribution is -1.78. The number of aliphatic hydroxyl groups is 2. The van der Waals surface area contributed by atoms with E-state index in [9.17, 15) is 0 Å². The summed E-state index contributed by atoms with van der Waals surface area (Å²) in [6.07, 6.45) is 0. The number of carbonyl (C=O) groups is 2. The van der Waals surface area contributed by atoms with Gasteiger partial charge in [0, 0.05) is 13.8 Å². The summed E-state index contributed by atoms with van der Waals surface area (Å²) in [5.41, 5.74) is 0. The zero-order valence-corrected chi connectivity index (χ0v) is 8.02. The van der Waals surface area contributed by atoms with Gasteiger partial charge in [-0.15, -0.1) is 0 Å². The standard InChI is InChI=1S/C4H6O2.2C2H4O2/c5-3-1-2-4-6;2*1-2(3)4/h5-6H,3-4H2;2*1H3,(H,3,4). The molecule has 0 aromatic heterocycles. The van der Waals surface area contributed by atoms with Crippen LogP contribution in [0.4, 0.5) is 0 Å². The maximum Gasteiger partial charge on any atom is 0.300 e. The number of rotatable bonds is 0.